The number of hydrogen-bond acceptors (Lipinski definition) is 3. The summed E-state index contributed by atoms with van der Waals surface area (Å²) in [4.78, 5) is 24.6. The van der Waals surface area contributed by atoms with E-state index in [1.54, 1.807) is 14.1 Å². The van der Waals surface area contributed by atoms with Gasteiger partial charge in [0.2, 0.25) is 11.8 Å². The van der Waals surface area contributed by atoms with Gasteiger partial charge in [-0.15, -0.1) is 0 Å². The van der Waals surface area contributed by atoms with Crippen molar-refractivity contribution >= 4 is 39.9 Å². The van der Waals surface area contributed by atoms with Crippen molar-refractivity contribution in [2.45, 2.75) is 12.8 Å². The molecule has 1 N–H and O–H groups in total. The molecule has 0 aliphatic heterocycles. The lowest BCUT2D eigenvalue weighted by atomic mass is 10.3. The van der Waals surface area contributed by atoms with E-state index in [0.717, 1.165) is 6.07 Å². The molecule has 0 saturated heterocycles. The van der Waals surface area contributed by atoms with Crippen LogP contribution in [0.4, 0.5) is 10.1 Å². The zero-order valence-electron chi connectivity index (χ0n) is 12.4. The van der Waals surface area contributed by atoms with E-state index in [9.17, 15) is 18.2 Å². The summed E-state index contributed by atoms with van der Waals surface area (Å²) in [6.07, 6.45) is 0.748. The summed E-state index contributed by atoms with van der Waals surface area (Å²) in [5, 5.41) is 2.56. The molecule has 0 heterocycles. The van der Waals surface area contributed by atoms with Crippen LogP contribution < -0.4 is 5.32 Å². The van der Waals surface area contributed by atoms with Gasteiger partial charge in [-0.25, -0.2) is 4.39 Å². The van der Waals surface area contributed by atoms with E-state index in [1.165, 1.54) is 17.0 Å². The minimum absolute atomic E-state index is 0.0421. The Morgan fingerprint density at radius 2 is 2.05 bits per heavy atom. The molecule has 1 aromatic rings. The van der Waals surface area contributed by atoms with Crippen LogP contribution in [0.3, 0.4) is 0 Å². The highest BCUT2D eigenvalue weighted by Gasteiger charge is 2.12. The molecule has 0 aliphatic carbocycles. The van der Waals surface area contributed by atoms with Gasteiger partial charge in [-0.1, -0.05) is 11.6 Å². The first-order valence-corrected chi connectivity index (χ1v) is 8.46. The van der Waals surface area contributed by atoms with Gasteiger partial charge in [-0.3, -0.25) is 13.8 Å². The SMILES string of the molecule is CN(C)C(=O)CCCS(=O)CC(=O)Nc1ccc(F)cc1Cl. The van der Waals surface area contributed by atoms with Crippen molar-refractivity contribution < 1.29 is 18.2 Å². The molecule has 0 bridgehead atoms. The zero-order chi connectivity index (χ0) is 16.7. The van der Waals surface area contributed by atoms with Gasteiger partial charge < -0.3 is 10.2 Å². The maximum atomic E-state index is 12.9. The third-order valence-corrected chi connectivity index (χ3v) is 4.40. The molecule has 8 heteroatoms. The Balaban J connectivity index is 2.38. The van der Waals surface area contributed by atoms with Crippen LogP contribution in [0.25, 0.3) is 0 Å². The van der Waals surface area contributed by atoms with Crippen LogP contribution in [0, 0.1) is 5.82 Å². The Labute approximate surface area is 136 Å². The Morgan fingerprint density at radius 3 is 2.64 bits per heavy atom. The van der Waals surface area contributed by atoms with Gasteiger partial charge >= 0.3 is 0 Å². The molecule has 0 aromatic heterocycles. The van der Waals surface area contributed by atoms with Crippen molar-refractivity contribution in [1.82, 2.24) is 4.90 Å². The quantitative estimate of drug-likeness (QED) is 0.820. The molecule has 1 atom stereocenters. The van der Waals surface area contributed by atoms with Gasteiger partial charge in [0.25, 0.3) is 0 Å². The number of anilines is 1. The number of carbonyl (C=O) groups excluding carboxylic acids is 2. The van der Waals surface area contributed by atoms with Crippen LogP contribution in [0.5, 0.6) is 0 Å². The van der Waals surface area contributed by atoms with E-state index in [2.05, 4.69) is 5.32 Å². The van der Waals surface area contributed by atoms with Crippen molar-refractivity contribution in [1.29, 1.82) is 0 Å². The fraction of sp³-hybridized carbons (Fsp3) is 0.429. The van der Waals surface area contributed by atoms with Gasteiger partial charge in [0.05, 0.1) is 10.7 Å². The highest BCUT2D eigenvalue weighted by atomic mass is 35.5. The zero-order valence-corrected chi connectivity index (χ0v) is 14.0. The number of carbonyl (C=O) groups is 2. The van der Waals surface area contributed by atoms with Crippen LogP contribution in [0.1, 0.15) is 12.8 Å². The first-order chi connectivity index (χ1) is 10.3. The minimum atomic E-state index is -1.36. The predicted molar refractivity (Wildman–Crippen MR) is 85.8 cm³/mol. The summed E-state index contributed by atoms with van der Waals surface area (Å²) < 4.78 is 24.6. The Bertz CT molecular complexity index is 581. The summed E-state index contributed by atoms with van der Waals surface area (Å²) in [5.74, 6) is -0.934. The molecule has 2 amide bonds. The van der Waals surface area contributed by atoms with Gasteiger partial charge in [-0.05, 0) is 24.6 Å². The Hall–Kier alpha value is -1.47. The first-order valence-electron chi connectivity index (χ1n) is 6.59. The van der Waals surface area contributed by atoms with Gasteiger partial charge in [-0.2, -0.15) is 0 Å². The fourth-order valence-electron chi connectivity index (χ4n) is 1.60. The second-order valence-electron chi connectivity index (χ2n) is 4.85. The molecule has 1 unspecified atom stereocenters. The van der Waals surface area contributed by atoms with E-state index in [1.807, 2.05) is 0 Å². The lowest BCUT2D eigenvalue weighted by molar-refractivity contribution is -0.128. The largest absolute Gasteiger partial charge is 0.349 e. The third-order valence-electron chi connectivity index (χ3n) is 2.76. The van der Waals surface area contributed by atoms with Gasteiger partial charge in [0.15, 0.2) is 0 Å². The maximum Gasteiger partial charge on any atom is 0.237 e. The van der Waals surface area contributed by atoms with Crippen LogP contribution in [-0.4, -0.2) is 46.5 Å². The highest BCUT2D eigenvalue weighted by molar-refractivity contribution is 7.85. The number of amides is 2. The van der Waals surface area contributed by atoms with Gasteiger partial charge in [0.1, 0.15) is 11.6 Å². The number of benzene rings is 1. The first kappa shape index (κ1) is 18.6. The second-order valence-corrected chi connectivity index (χ2v) is 6.84. The van der Waals surface area contributed by atoms with Crippen molar-refractivity contribution in [3.63, 3.8) is 0 Å². The average molecular weight is 349 g/mol. The molecule has 0 fully saturated rings. The van der Waals surface area contributed by atoms with Crippen molar-refractivity contribution in [3.05, 3.63) is 29.0 Å². The van der Waals surface area contributed by atoms with Crippen LogP contribution in [0.2, 0.25) is 5.02 Å². The van der Waals surface area contributed by atoms with Gasteiger partial charge in [0, 0.05) is 37.1 Å². The number of nitrogens with zero attached hydrogens (tertiary/aromatic N) is 1. The lowest BCUT2D eigenvalue weighted by Crippen LogP contribution is -2.23. The molecule has 122 valence electrons. The second kappa shape index (κ2) is 8.85. The number of hydrogen-bond donors (Lipinski definition) is 1. The van der Waals surface area contributed by atoms with E-state index in [0.29, 0.717) is 12.8 Å². The lowest BCUT2D eigenvalue weighted by Gasteiger charge is -2.10. The molecule has 0 radical (unpaired) electrons. The molecule has 1 aromatic carbocycles. The molecule has 0 aliphatic rings. The molecule has 22 heavy (non-hydrogen) atoms. The summed E-state index contributed by atoms with van der Waals surface area (Å²) in [6.45, 7) is 0. The average Bonchev–Trinajstić information content (AvgIpc) is 2.41. The van der Waals surface area contributed by atoms with Crippen LogP contribution in [0.15, 0.2) is 18.2 Å². The van der Waals surface area contributed by atoms with Crippen LogP contribution >= 0.6 is 11.6 Å². The normalized spacial score (nSPS) is 11.8. The van der Waals surface area contributed by atoms with E-state index < -0.39 is 22.5 Å². The topological polar surface area (TPSA) is 66.5 Å². The molecule has 5 nitrogen and oxygen atoms in total. The van der Waals surface area contributed by atoms with Crippen molar-refractivity contribution in [2.75, 3.05) is 30.9 Å². The fourth-order valence-corrected chi connectivity index (χ4v) is 2.79. The van der Waals surface area contributed by atoms with E-state index >= 15 is 0 Å². The molecule has 0 spiro atoms. The van der Waals surface area contributed by atoms with E-state index in [-0.39, 0.29) is 28.1 Å². The third kappa shape index (κ3) is 6.53. The summed E-state index contributed by atoms with van der Waals surface area (Å²) >= 11 is 5.79. The monoisotopic (exact) mass is 348 g/mol. The predicted octanol–water partition coefficient (Wildman–Crippen LogP) is 2.03. The number of nitrogens with one attached hydrogen (secondary N) is 1. The Kier molecular flexibility index (Phi) is 7.47. The summed E-state index contributed by atoms with van der Waals surface area (Å²) in [7, 11) is 1.94. The molecular weight excluding hydrogens is 331 g/mol. The number of halogens is 2. The van der Waals surface area contributed by atoms with Crippen molar-refractivity contribution in [2.24, 2.45) is 0 Å². The highest BCUT2D eigenvalue weighted by Crippen LogP contribution is 2.22. The summed E-state index contributed by atoms with van der Waals surface area (Å²) in [5.41, 5.74) is 0.271. The summed E-state index contributed by atoms with van der Waals surface area (Å²) in [6, 6.07) is 3.60. The Morgan fingerprint density at radius 1 is 1.36 bits per heavy atom. The van der Waals surface area contributed by atoms with E-state index in [4.69, 9.17) is 11.6 Å². The maximum absolute atomic E-state index is 12.9. The molecule has 1 rings (SSSR count). The molecule has 0 saturated carbocycles. The van der Waals surface area contributed by atoms with Crippen molar-refractivity contribution in [3.8, 4) is 0 Å². The minimum Gasteiger partial charge on any atom is -0.349 e. The smallest absolute Gasteiger partial charge is 0.237 e. The standard InChI is InChI=1S/C14H18ClFN2O3S/c1-18(2)14(20)4-3-7-22(21)9-13(19)17-12-6-5-10(16)8-11(12)15/h5-6,8H,3-4,7,9H2,1-2H3,(H,17,19). The molecular formula is C14H18ClFN2O3S. The van der Waals surface area contributed by atoms with Crippen LogP contribution in [-0.2, 0) is 20.4 Å². The number of rotatable bonds is 7.